The van der Waals surface area contributed by atoms with Gasteiger partial charge in [0, 0.05) is 6.08 Å². The molecule has 0 spiro atoms. The lowest BCUT2D eigenvalue weighted by atomic mass is 9.82. The van der Waals surface area contributed by atoms with Crippen LogP contribution < -0.4 is 0 Å². The summed E-state index contributed by atoms with van der Waals surface area (Å²) in [6.45, 7) is 10.3. The summed E-state index contributed by atoms with van der Waals surface area (Å²) in [6, 6.07) is 0. The first-order valence-electron chi connectivity index (χ1n) is 5.74. The molecule has 1 rings (SSSR count). The highest BCUT2D eigenvalue weighted by molar-refractivity contribution is 5.83. The van der Waals surface area contributed by atoms with Gasteiger partial charge in [0.1, 0.15) is 0 Å². The van der Waals surface area contributed by atoms with E-state index in [1.54, 1.807) is 6.08 Å². The standard InChI is InChI=1S/C14H20O2/c1-5-16-14(15)9-13-8-12(10(2)3)7-6-11(13)4/h6,9,12H,2,5,7-8H2,1,3-4H3/b13-9+/t12-/m0/s1. The highest BCUT2D eigenvalue weighted by atomic mass is 16.5. The van der Waals surface area contributed by atoms with Gasteiger partial charge in [-0.1, -0.05) is 23.8 Å². The maximum absolute atomic E-state index is 11.4. The van der Waals surface area contributed by atoms with Gasteiger partial charge in [0.2, 0.25) is 0 Å². The first kappa shape index (κ1) is 12.8. The fourth-order valence-electron chi connectivity index (χ4n) is 1.83. The summed E-state index contributed by atoms with van der Waals surface area (Å²) < 4.78 is 4.92. The Labute approximate surface area is 97.7 Å². The second-order valence-corrected chi connectivity index (χ2v) is 4.29. The molecule has 0 saturated heterocycles. The molecule has 0 aromatic carbocycles. The van der Waals surface area contributed by atoms with Gasteiger partial charge in [-0.3, -0.25) is 0 Å². The molecule has 0 saturated carbocycles. The first-order chi connectivity index (χ1) is 7.54. The summed E-state index contributed by atoms with van der Waals surface area (Å²) in [5.41, 5.74) is 3.45. The number of ether oxygens (including phenoxy) is 1. The van der Waals surface area contributed by atoms with Crippen molar-refractivity contribution in [1.82, 2.24) is 0 Å². The van der Waals surface area contributed by atoms with Gasteiger partial charge < -0.3 is 4.74 Å². The van der Waals surface area contributed by atoms with Gasteiger partial charge in [-0.25, -0.2) is 4.79 Å². The number of carbonyl (C=O) groups is 1. The molecular weight excluding hydrogens is 200 g/mol. The molecule has 1 aliphatic rings. The van der Waals surface area contributed by atoms with Crippen LogP contribution in [-0.4, -0.2) is 12.6 Å². The lowest BCUT2D eigenvalue weighted by molar-refractivity contribution is -0.137. The van der Waals surface area contributed by atoms with Crippen LogP contribution >= 0.6 is 0 Å². The van der Waals surface area contributed by atoms with Crippen molar-refractivity contribution in [3.05, 3.63) is 35.5 Å². The van der Waals surface area contributed by atoms with Gasteiger partial charge in [-0.2, -0.15) is 0 Å². The highest BCUT2D eigenvalue weighted by Gasteiger charge is 2.18. The monoisotopic (exact) mass is 220 g/mol. The summed E-state index contributed by atoms with van der Waals surface area (Å²) in [5.74, 6) is 0.219. The molecule has 0 aromatic rings. The van der Waals surface area contributed by atoms with E-state index in [-0.39, 0.29) is 5.97 Å². The zero-order valence-corrected chi connectivity index (χ0v) is 10.4. The first-order valence-corrected chi connectivity index (χ1v) is 5.74. The maximum atomic E-state index is 11.4. The third-order valence-electron chi connectivity index (χ3n) is 2.96. The fourth-order valence-corrected chi connectivity index (χ4v) is 1.83. The van der Waals surface area contributed by atoms with Gasteiger partial charge >= 0.3 is 5.97 Å². The largest absolute Gasteiger partial charge is 0.463 e. The van der Waals surface area contributed by atoms with Crippen molar-refractivity contribution < 1.29 is 9.53 Å². The number of esters is 1. The van der Waals surface area contributed by atoms with Crippen molar-refractivity contribution in [2.24, 2.45) is 5.92 Å². The predicted molar refractivity (Wildman–Crippen MR) is 66.0 cm³/mol. The molecule has 2 heteroatoms. The van der Waals surface area contributed by atoms with Crippen molar-refractivity contribution >= 4 is 5.97 Å². The fraction of sp³-hybridized carbons (Fsp3) is 0.500. The molecule has 0 aromatic heterocycles. The smallest absolute Gasteiger partial charge is 0.331 e. The lowest BCUT2D eigenvalue weighted by Gasteiger charge is -2.23. The van der Waals surface area contributed by atoms with Crippen LogP contribution in [0.25, 0.3) is 0 Å². The van der Waals surface area contributed by atoms with Crippen LogP contribution in [0.15, 0.2) is 35.5 Å². The molecule has 0 radical (unpaired) electrons. The van der Waals surface area contributed by atoms with Crippen LogP contribution in [0.4, 0.5) is 0 Å². The van der Waals surface area contributed by atoms with Crippen molar-refractivity contribution in [1.29, 1.82) is 0 Å². The van der Waals surface area contributed by atoms with Gasteiger partial charge in [0.15, 0.2) is 0 Å². The second-order valence-electron chi connectivity index (χ2n) is 4.29. The van der Waals surface area contributed by atoms with E-state index in [9.17, 15) is 4.79 Å². The van der Waals surface area contributed by atoms with E-state index in [0.717, 1.165) is 18.4 Å². The predicted octanol–water partition coefficient (Wildman–Crippen LogP) is 3.41. The SMILES string of the molecule is C=C(C)[C@H]1CC=C(C)/C(=C/C(=O)OCC)C1. The molecule has 1 atom stereocenters. The second kappa shape index (κ2) is 5.69. The molecule has 0 bridgehead atoms. The molecule has 0 aliphatic heterocycles. The van der Waals surface area contributed by atoms with Crippen LogP contribution in [-0.2, 0) is 9.53 Å². The van der Waals surface area contributed by atoms with Crippen LogP contribution in [0.2, 0.25) is 0 Å². The van der Waals surface area contributed by atoms with Crippen molar-refractivity contribution in [3.63, 3.8) is 0 Å². The third-order valence-corrected chi connectivity index (χ3v) is 2.96. The van der Waals surface area contributed by atoms with Crippen molar-refractivity contribution in [2.75, 3.05) is 6.61 Å². The summed E-state index contributed by atoms with van der Waals surface area (Å²) in [4.78, 5) is 11.4. The van der Waals surface area contributed by atoms with E-state index >= 15 is 0 Å². The average molecular weight is 220 g/mol. The van der Waals surface area contributed by atoms with Gasteiger partial charge in [0.25, 0.3) is 0 Å². The van der Waals surface area contributed by atoms with E-state index in [1.165, 1.54) is 11.1 Å². The zero-order chi connectivity index (χ0) is 12.1. The Morgan fingerprint density at radius 2 is 2.38 bits per heavy atom. The molecule has 88 valence electrons. The molecule has 16 heavy (non-hydrogen) atoms. The number of rotatable bonds is 3. The average Bonchev–Trinajstić information content (AvgIpc) is 2.21. The minimum Gasteiger partial charge on any atom is -0.463 e. The summed E-state index contributed by atoms with van der Waals surface area (Å²) in [6.07, 6.45) is 5.72. The Bertz CT molecular complexity index is 348. The summed E-state index contributed by atoms with van der Waals surface area (Å²) >= 11 is 0. The lowest BCUT2D eigenvalue weighted by Crippen LogP contribution is -2.10. The van der Waals surface area contributed by atoms with E-state index in [1.807, 2.05) is 20.8 Å². The van der Waals surface area contributed by atoms with Gasteiger partial charge in [0.05, 0.1) is 6.61 Å². The maximum Gasteiger partial charge on any atom is 0.331 e. The van der Waals surface area contributed by atoms with E-state index in [0.29, 0.717) is 12.5 Å². The normalized spacial score (nSPS) is 22.8. The molecule has 0 heterocycles. The van der Waals surface area contributed by atoms with E-state index < -0.39 is 0 Å². The summed E-state index contributed by atoms with van der Waals surface area (Å²) in [7, 11) is 0. The number of carbonyl (C=O) groups excluding carboxylic acids is 1. The Balaban J connectivity index is 2.79. The molecule has 0 N–H and O–H groups in total. The number of allylic oxidation sites excluding steroid dienone is 4. The molecule has 0 unspecified atom stereocenters. The summed E-state index contributed by atoms with van der Waals surface area (Å²) in [5, 5.41) is 0. The van der Waals surface area contributed by atoms with Crippen LogP contribution in [0.5, 0.6) is 0 Å². The minimum absolute atomic E-state index is 0.243. The molecule has 2 nitrogen and oxygen atoms in total. The van der Waals surface area contributed by atoms with E-state index in [2.05, 4.69) is 12.7 Å². The Morgan fingerprint density at radius 1 is 1.69 bits per heavy atom. The quantitative estimate of drug-likeness (QED) is 0.414. The molecule has 0 fully saturated rings. The van der Waals surface area contributed by atoms with Gasteiger partial charge in [-0.15, -0.1) is 0 Å². The topological polar surface area (TPSA) is 26.3 Å². The van der Waals surface area contributed by atoms with Gasteiger partial charge in [-0.05, 0) is 45.1 Å². The van der Waals surface area contributed by atoms with Crippen molar-refractivity contribution in [3.8, 4) is 0 Å². The Hall–Kier alpha value is -1.31. The third kappa shape index (κ3) is 3.37. The number of hydrogen-bond donors (Lipinski definition) is 0. The van der Waals surface area contributed by atoms with Crippen LogP contribution in [0.3, 0.4) is 0 Å². The molecular formula is C14H20O2. The van der Waals surface area contributed by atoms with Crippen LogP contribution in [0, 0.1) is 5.92 Å². The number of hydrogen-bond acceptors (Lipinski definition) is 2. The molecule has 1 aliphatic carbocycles. The Kier molecular flexibility index (Phi) is 4.53. The van der Waals surface area contributed by atoms with Crippen LogP contribution in [0.1, 0.15) is 33.6 Å². The molecule has 0 amide bonds. The van der Waals surface area contributed by atoms with Crippen molar-refractivity contribution in [2.45, 2.75) is 33.6 Å². The van der Waals surface area contributed by atoms with E-state index in [4.69, 9.17) is 4.74 Å². The minimum atomic E-state index is -0.243. The highest BCUT2D eigenvalue weighted by Crippen LogP contribution is 2.32. The Morgan fingerprint density at radius 3 is 2.94 bits per heavy atom. The zero-order valence-electron chi connectivity index (χ0n) is 10.4.